The first-order chi connectivity index (χ1) is 6.61. The Balaban J connectivity index is 2.20. The van der Waals surface area contributed by atoms with Gasteiger partial charge in [0.15, 0.2) is 0 Å². The molecule has 2 nitrogen and oxygen atoms in total. The lowest BCUT2D eigenvalue weighted by Gasteiger charge is -2.16. The molecule has 1 aliphatic carbocycles. The van der Waals surface area contributed by atoms with E-state index in [0.717, 1.165) is 12.8 Å². The highest BCUT2D eigenvalue weighted by Gasteiger charge is 2.23. The third-order valence-electron chi connectivity index (χ3n) is 2.92. The molecule has 0 radical (unpaired) electrons. The molecule has 0 saturated heterocycles. The molecule has 1 aliphatic rings. The van der Waals surface area contributed by atoms with Crippen molar-refractivity contribution in [2.45, 2.75) is 44.9 Å². The zero-order chi connectivity index (χ0) is 10.6. The van der Waals surface area contributed by atoms with Gasteiger partial charge in [0.2, 0.25) is 5.91 Å². The number of nitrogens with one attached hydrogen (secondary N) is 1. The SMILES string of the molecule is CC(C)C(Cl)CNC(=O)C1CCCC1. The Morgan fingerprint density at radius 1 is 1.43 bits per heavy atom. The van der Waals surface area contributed by atoms with Crippen molar-refractivity contribution in [3.05, 3.63) is 0 Å². The predicted octanol–water partition coefficient (Wildman–Crippen LogP) is 2.56. The minimum Gasteiger partial charge on any atom is -0.354 e. The van der Waals surface area contributed by atoms with Crippen LogP contribution in [-0.2, 0) is 4.79 Å². The summed E-state index contributed by atoms with van der Waals surface area (Å²) in [4.78, 5) is 11.6. The summed E-state index contributed by atoms with van der Waals surface area (Å²) < 4.78 is 0. The van der Waals surface area contributed by atoms with E-state index in [1.165, 1.54) is 12.8 Å². The number of hydrogen-bond donors (Lipinski definition) is 1. The maximum atomic E-state index is 11.6. The second-order valence-electron chi connectivity index (χ2n) is 4.49. The van der Waals surface area contributed by atoms with Crippen molar-refractivity contribution in [3.8, 4) is 0 Å². The van der Waals surface area contributed by atoms with Gasteiger partial charge >= 0.3 is 0 Å². The van der Waals surface area contributed by atoms with Gasteiger partial charge in [0.1, 0.15) is 0 Å². The summed E-state index contributed by atoms with van der Waals surface area (Å²) in [6.07, 6.45) is 4.51. The third kappa shape index (κ3) is 3.49. The largest absolute Gasteiger partial charge is 0.354 e. The first kappa shape index (κ1) is 11.8. The maximum Gasteiger partial charge on any atom is 0.223 e. The Bertz CT molecular complexity index is 188. The summed E-state index contributed by atoms with van der Waals surface area (Å²) in [6, 6.07) is 0. The summed E-state index contributed by atoms with van der Waals surface area (Å²) in [7, 11) is 0. The molecule has 1 N–H and O–H groups in total. The molecule has 1 fully saturated rings. The molecular formula is C11H20ClNO. The highest BCUT2D eigenvalue weighted by molar-refractivity contribution is 6.21. The van der Waals surface area contributed by atoms with Crippen LogP contribution < -0.4 is 5.32 Å². The van der Waals surface area contributed by atoms with Crippen molar-refractivity contribution in [2.24, 2.45) is 11.8 Å². The van der Waals surface area contributed by atoms with E-state index in [1.54, 1.807) is 0 Å². The Hall–Kier alpha value is -0.240. The lowest BCUT2D eigenvalue weighted by atomic mass is 10.1. The van der Waals surface area contributed by atoms with Crippen LogP contribution in [0.1, 0.15) is 39.5 Å². The van der Waals surface area contributed by atoms with Crippen LogP contribution in [0.5, 0.6) is 0 Å². The van der Waals surface area contributed by atoms with Crippen LogP contribution in [0.25, 0.3) is 0 Å². The highest BCUT2D eigenvalue weighted by atomic mass is 35.5. The normalized spacial score (nSPS) is 20.0. The van der Waals surface area contributed by atoms with Crippen LogP contribution in [0.3, 0.4) is 0 Å². The van der Waals surface area contributed by atoms with E-state index in [0.29, 0.717) is 12.5 Å². The lowest BCUT2D eigenvalue weighted by molar-refractivity contribution is -0.124. The molecule has 0 aliphatic heterocycles. The van der Waals surface area contributed by atoms with Crippen molar-refractivity contribution in [2.75, 3.05) is 6.54 Å². The fourth-order valence-electron chi connectivity index (χ4n) is 1.77. The number of halogens is 1. The van der Waals surface area contributed by atoms with Gasteiger partial charge in [-0.25, -0.2) is 0 Å². The van der Waals surface area contributed by atoms with Crippen molar-refractivity contribution in [3.63, 3.8) is 0 Å². The minimum absolute atomic E-state index is 0.0559. The van der Waals surface area contributed by atoms with E-state index in [9.17, 15) is 4.79 Å². The summed E-state index contributed by atoms with van der Waals surface area (Å²) >= 11 is 6.05. The number of rotatable bonds is 4. The van der Waals surface area contributed by atoms with Crippen molar-refractivity contribution in [1.82, 2.24) is 5.32 Å². The van der Waals surface area contributed by atoms with E-state index in [4.69, 9.17) is 11.6 Å². The molecule has 0 spiro atoms. The van der Waals surface area contributed by atoms with Gasteiger partial charge in [0, 0.05) is 12.5 Å². The quantitative estimate of drug-likeness (QED) is 0.721. The number of carbonyl (C=O) groups excluding carboxylic acids is 1. The second kappa shape index (κ2) is 5.59. The third-order valence-corrected chi connectivity index (χ3v) is 3.58. The molecule has 0 aromatic rings. The van der Waals surface area contributed by atoms with Gasteiger partial charge in [-0.3, -0.25) is 4.79 Å². The average molecular weight is 218 g/mol. The van der Waals surface area contributed by atoms with Gasteiger partial charge in [-0.05, 0) is 18.8 Å². The molecule has 14 heavy (non-hydrogen) atoms. The van der Waals surface area contributed by atoms with E-state index in [2.05, 4.69) is 19.2 Å². The fraction of sp³-hybridized carbons (Fsp3) is 0.909. The second-order valence-corrected chi connectivity index (χ2v) is 5.05. The Morgan fingerprint density at radius 2 is 2.00 bits per heavy atom. The van der Waals surface area contributed by atoms with Gasteiger partial charge in [-0.1, -0.05) is 26.7 Å². The molecule has 1 saturated carbocycles. The maximum absolute atomic E-state index is 11.6. The van der Waals surface area contributed by atoms with E-state index < -0.39 is 0 Å². The first-order valence-corrected chi connectivity index (χ1v) is 5.96. The van der Waals surface area contributed by atoms with Crippen molar-refractivity contribution >= 4 is 17.5 Å². The average Bonchev–Trinajstić information content (AvgIpc) is 2.66. The predicted molar refractivity (Wildman–Crippen MR) is 59.4 cm³/mol. The summed E-state index contributed by atoms with van der Waals surface area (Å²) in [6.45, 7) is 4.74. The van der Waals surface area contributed by atoms with Crippen LogP contribution in [0.15, 0.2) is 0 Å². The van der Waals surface area contributed by atoms with Gasteiger partial charge in [0.25, 0.3) is 0 Å². The molecule has 0 heterocycles. The fourth-order valence-corrected chi connectivity index (χ4v) is 1.84. The topological polar surface area (TPSA) is 29.1 Å². The molecule has 82 valence electrons. The highest BCUT2D eigenvalue weighted by Crippen LogP contribution is 2.24. The van der Waals surface area contributed by atoms with Crippen LogP contribution in [0, 0.1) is 11.8 Å². The monoisotopic (exact) mass is 217 g/mol. The summed E-state index contributed by atoms with van der Waals surface area (Å²) in [5.74, 6) is 0.875. The van der Waals surface area contributed by atoms with E-state index in [-0.39, 0.29) is 17.2 Å². The van der Waals surface area contributed by atoms with Crippen LogP contribution in [-0.4, -0.2) is 17.8 Å². The van der Waals surface area contributed by atoms with Crippen LogP contribution in [0.2, 0.25) is 0 Å². The van der Waals surface area contributed by atoms with Gasteiger partial charge in [-0.2, -0.15) is 0 Å². The van der Waals surface area contributed by atoms with E-state index in [1.807, 2.05) is 0 Å². The zero-order valence-electron chi connectivity index (χ0n) is 9.05. The van der Waals surface area contributed by atoms with E-state index >= 15 is 0 Å². The summed E-state index contributed by atoms with van der Waals surface area (Å²) in [5.41, 5.74) is 0. The van der Waals surface area contributed by atoms with Crippen LogP contribution in [0.4, 0.5) is 0 Å². The van der Waals surface area contributed by atoms with Gasteiger partial charge < -0.3 is 5.32 Å². The number of hydrogen-bond acceptors (Lipinski definition) is 1. The molecule has 0 aromatic heterocycles. The molecule has 3 heteroatoms. The molecule has 1 rings (SSSR count). The molecule has 1 amide bonds. The van der Waals surface area contributed by atoms with Crippen molar-refractivity contribution in [1.29, 1.82) is 0 Å². The summed E-state index contributed by atoms with van der Waals surface area (Å²) in [5, 5.41) is 2.99. The molecular weight excluding hydrogens is 198 g/mol. The Labute approximate surface area is 91.4 Å². The zero-order valence-corrected chi connectivity index (χ0v) is 9.81. The standard InChI is InChI=1S/C11H20ClNO/c1-8(2)10(12)7-13-11(14)9-5-3-4-6-9/h8-10H,3-7H2,1-2H3,(H,13,14). The smallest absolute Gasteiger partial charge is 0.223 e. The molecule has 0 aromatic carbocycles. The minimum atomic E-state index is 0.0559. The van der Waals surface area contributed by atoms with Crippen LogP contribution >= 0.6 is 11.6 Å². The molecule has 1 atom stereocenters. The first-order valence-electron chi connectivity index (χ1n) is 5.53. The lowest BCUT2D eigenvalue weighted by Crippen LogP contribution is -2.35. The van der Waals surface area contributed by atoms with Crippen molar-refractivity contribution < 1.29 is 4.79 Å². The number of carbonyl (C=O) groups is 1. The van der Waals surface area contributed by atoms with Gasteiger partial charge in [0.05, 0.1) is 5.38 Å². The van der Waals surface area contributed by atoms with Gasteiger partial charge in [-0.15, -0.1) is 11.6 Å². The number of amides is 1. The number of alkyl halides is 1. The Kier molecular flexibility index (Phi) is 4.73. The molecule has 0 bridgehead atoms. The Morgan fingerprint density at radius 3 is 2.50 bits per heavy atom. The molecule has 1 unspecified atom stereocenters.